The van der Waals surface area contributed by atoms with Crippen LogP contribution in [0.3, 0.4) is 0 Å². The molecule has 0 fully saturated rings. The van der Waals surface area contributed by atoms with Crippen LogP contribution in [0.2, 0.25) is 0 Å². The fourth-order valence-electron chi connectivity index (χ4n) is 3.60. The van der Waals surface area contributed by atoms with E-state index in [0.29, 0.717) is 35.8 Å². The number of alkyl halides is 3. The van der Waals surface area contributed by atoms with Crippen molar-refractivity contribution in [1.82, 2.24) is 0 Å². The maximum absolute atomic E-state index is 12.5. The van der Waals surface area contributed by atoms with Gasteiger partial charge in [0.15, 0.2) is 28.7 Å². The summed E-state index contributed by atoms with van der Waals surface area (Å²) in [6, 6.07) is 6.05. The molecular formula is C24H21F3O10. The van der Waals surface area contributed by atoms with Crippen LogP contribution < -0.4 is 4.74 Å². The molecule has 37 heavy (non-hydrogen) atoms. The molecule has 0 bridgehead atoms. The first-order valence-corrected chi connectivity index (χ1v) is 10.4. The van der Waals surface area contributed by atoms with Crippen molar-refractivity contribution in [3.8, 4) is 46.0 Å². The Hall–Kier alpha value is -4.68. The van der Waals surface area contributed by atoms with Gasteiger partial charge in [-0.05, 0) is 42.7 Å². The summed E-state index contributed by atoms with van der Waals surface area (Å²) >= 11 is 0. The van der Waals surface area contributed by atoms with Gasteiger partial charge in [0, 0.05) is 17.7 Å². The summed E-state index contributed by atoms with van der Waals surface area (Å²) in [6.07, 6.45) is -4.24. The lowest BCUT2D eigenvalue weighted by Crippen LogP contribution is -2.15. The zero-order valence-electron chi connectivity index (χ0n) is 18.9. The lowest BCUT2D eigenvalue weighted by atomic mass is 9.96. The molecule has 0 aliphatic carbocycles. The number of carbonyl (C=O) groups excluding carboxylic acids is 1. The second-order valence-corrected chi connectivity index (χ2v) is 7.87. The first-order valence-electron chi connectivity index (χ1n) is 10.4. The summed E-state index contributed by atoms with van der Waals surface area (Å²) < 4.78 is 47.2. The maximum atomic E-state index is 12.5. The smallest absolute Gasteiger partial charge is 0.417 e. The largest absolute Gasteiger partial charge is 0.508 e. The van der Waals surface area contributed by atoms with Crippen molar-refractivity contribution in [2.75, 3.05) is 7.11 Å². The van der Waals surface area contributed by atoms with Crippen LogP contribution in [0.1, 0.15) is 39.6 Å². The molecule has 4 rings (SSSR count). The topological polar surface area (TPSA) is 177 Å². The van der Waals surface area contributed by atoms with E-state index in [4.69, 9.17) is 14.9 Å². The number of hydrogen-bond acceptors (Lipinski definition) is 10. The van der Waals surface area contributed by atoms with Gasteiger partial charge in [0.05, 0.1) is 18.2 Å². The van der Waals surface area contributed by atoms with E-state index in [1.54, 1.807) is 0 Å². The van der Waals surface area contributed by atoms with Crippen LogP contribution in [0.4, 0.5) is 13.2 Å². The summed E-state index contributed by atoms with van der Waals surface area (Å²) in [5, 5.41) is 65.7. The molecule has 198 valence electrons. The third kappa shape index (κ3) is 5.77. The Morgan fingerprint density at radius 3 is 2.03 bits per heavy atom. The van der Waals surface area contributed by atoms with E-state index in [0.717, 1.165) is 7.11 Å². The van der Waals surface area contributed by atoms with E-state index in [-0.39, 0.29) is 17.6 Å². The molecule has 0 aromatic heterocycles. The standard InChI is InChI=1S/C15H14O6.C9H7F3O4/c16-8-5-10(17)9-1-2-13(21-14(9)6-8)7-3-11(18)15(20)12(19)4-7;1-16-8(15)4-2-6(13)7(14)3-5(4)9(10,11)12/h3-6,13,16-20H,1-2H2;2-3,13-14H,1H3. The van der Waals surface area contributed by atoms with Crippen LogP contribution >= 0.6 is 0 Å². The van der Waals surface area contributed by atoms with Gasteiger partial charge < -0.3 is 45.2 Å². The number of esters is 1. The Balaban J connectivity index is 0.000000214. The number of ether oxygens (including phenoxy) is 2. The first-order chi connectivity index (χ1) is 17.2. The third-order valence-electron chi connectivity index (χ3n) is 5.39. The van der Waals surface area contributed by atoms with E-state index in [1.807, 2.05) is 0 Å². The van der Waals surface area contributed by atoms with Gasteiger partial charge in [-0.2, -0.15) is 13.2 Å². The van der Waals surface area contributed by atoms with Crippen LogP contribution in [0.25, 0.3) is 0 Å². The SMILES string of the molecule is COC(=O)c1cc(O)c(O)cc1C(F)(F)F.Oc1cc(O)c2c(c1)OC(c1cc(O)c(O)c(O)c1)CC2. The van der Waals surface area contributed by atoms with Crippen molar-refractivity contribution >= 4 is 5.97 Å². The number of halogens is 3. The fourth-order valence-corrected chi connectivity index (χ4v) is 3.60. The molecule has 13 heteroatoms. The Kier molecular flexibility index (Phi) is 7.37. The van der Waals surface area contributed by atoms with E-state index < -0.39 is 58.1 Å². The number of fused-ring (bicyclic) bond motifs is 1. The Morgan fingerprint density at radius 1 is 0.865 bits per heavy atom. The summed E-state index contributed by atoms with van der Waals surface area (Å²) in [5.74, 6) is -4.25. The number of hydrogen-bond donors (Lipinski definition) is 7. The Bertz CT molecular complexity index is 1310. The molecule has 1 aliphatic heterocycles. The second kappa shape index (κ2) is 10.1. The zero-order chi connectivity index (χ0) is 27.7. The highest BCUT2D eigenvalue weighted by atomic mass is 19.4. The minimum Gasteiger partial charge on any atom is -0.508 e. The van der Waals surface area contributed by atoms with Gasteiger partial charge >= 0.3 is 12.1 Å². The monoisotopic (exact) mass is 526 g/mol. The molecule has 1 unspecified atom stereocenters. The van der Waals surface area contributed by atoms with Crippen LogP contribution in [-0.2, 0) is 17.3 Å². The first kappa shape index (κ1) is 26.9. The zero-order valence-corrected chi connectivity index (χ0v) is 18.9. The third-order valence-corrected chi connectivity index (χ3v) is 5.39. The average Bonchev–Trinajstić information content (AvgIpc) is 2.82. The van der Waals surface area contributed by atoms with Crippen molar-refractivity contribution in [2.24, 2.45) is 0 Å². The van der Waals surface area contributed by atoms with Crippen LogP contribution in [0.5, 0.6) is 46.0 Å². The molecule has 0 saturated heterocycles. The van der Waals surface area contributed by atoms with Crippen molar-refractivity contribution < 1.29 is 63.2 Å². The molecule has 0 spiro atoms. The Morgan fingerprint density at radius 2 is 1.46 bits per heavy atom. The lowest BCUT2D eigenvalue weighted by Gasteiger charge is -2.27. The highest BCUT2D eigenvalue weighted by Gasteiger charge is 2.37. The number of phenols is 7. The maximum Gasteiger partial charge on any atom is 0.417 e. The summed E-state index contributed by atoms with van der Waals surface area (Å²) in [6.45, 7) is 0. The van der Waals surface area contributed by atoms with Crippen molar-refractivity contribution in [3.63, 3.8) is 0 Å². The summed E-state index contributed by atoms with van der Waals surface area (Å²) in [5.41, 5.74) is -1.12. The van der Waals surface area contributed by atoms with Gasteiger partial charge in [-0.15, -0.1) is 0 Å². The van der Waals surface area contributed by atoms with Gasteiger partial charge in [0.1, 0.15) is 23.4 Å². The van der Waals surface area contributed by atoms with Gasteiger partial charge in [-0.25, -0.2) is 4.79 Å². The minimum atomic E-state index is -4.82. The fraction of sp³-hybridized carbons (Fsp3) is 0.208. The van der Waals surface area contributed by atoms with Gasteiger partial charge in [-0.3, -0.25) is 0 Å². The van der Waals surface area contributed by atoms with E-state index in [1.165, 1.54) is 24.3 Å². The molecule has 1 heterocycles. The highest BCUT2D eigenvalue weighted by Crippen LogP contribution is 2.44. The molecule has 7 N–H and O–H groups in total. The second-order valence-electron chi connectivity index (χ2n) is 7.87. The van der Waals surface area contributed by atoms with Gasteiger partial charge in [0.25, 0.3) is 0 Å². The summed E-state index contributed by atoms with van der Waals surface area (Å²) in [4.78, 5) is 11.0. The number of aromatic hydroxyl groups is 7. The van der Waals surface area contributed by atoms with Gasteiger partial charge in [0.2, 0.25) is 0 Å². The molecule has 0 amide bonds. The number of rotatable bonds is 2. The molecule has 0 radical (unpaired) electrons. The van der Waals surface area contributed by atoms with Crippen molar-refractivity contribution in [2.45, 2.75) is 25.1 Å². The van der Waals surface area contributed by atoms with Gasteiger partial charge in [-0.1, -0.05) is 0 Å². The normalized spacial score (nSPS) is 14.5. The number of benzene rings is 3. The number of phenolic OH excluding ortho intramolecular Hbond substituents is 7. The average molecular weight is 526 g/mol. The van der Waals surface area contributed by atoms with Crippen LogP contribution in [-0.4, -0.2) is 48.8 Å². The molecular weight excluding hydrogens is 505 g/mol. The summed E-state index contributed by atoms with van der Waals surface area (Å²) in [7, 11) is 0.909. The molecule has 10 nitrogen and oxygen atoms in total. The minimum absolute atomic E-state index is 0.0279. The molecule has 1 atom stereocenters. The van der Waals surface area contributed by atoms with Crippen LogP contribution in [0, 0.1) is 0 Å². The Labute approximate surface area is 206 Å². The van der Waals surface area contributed by atoms with E-state index >= 15 is 0 Å². The lowest BCUT2D eigenvalue weighted by molar-refractivity contribution is -0.138. The number of carbonyl (C=O) groups is 1. The molecule has 1 aliphatic rings. The van der Waals surface area contributed by atoms with Crippen molar-refractivity contribution in [1.29, 1.82) is 0 Å². The van der Waals surface area contributed by atoms with Crippen molar-refractivity contribution in [3.05, 3.63) is 58.7 Å². The highest BCUT2D eigenvalue weighted by molar-refractivity contribution is 5.92. The van der Waals surface area contributed by atoms with Crippen LogP contribution in [0.15, 0.2) is 36.4 Å². The van der Waals surface area contributed by atoms with E-state index in [9.17, 15) is 43.5 Å². The number of methoxy groups -OCH3 is 1. The molecule has 3 aromatic carbocycles. The predicted molar refractivity (Wildman–Crippen MR) is 119 cm³/mol. The van der Waals surface area contributed by atoms with E-state index in [2.05, 4.69) is 4.74 Å². The molecule has 3 aromatic rings. The predicted octanol–water partition coefficient (Wildman–Crippen LogP) is 4.18. The quantitative estimate of drug-likeness (QED) is 0.189. The molecule has 0 saturated carbocycles.